The van der Waals surface area contributed by atoms with Crippen molar-refractivity contribution in [3.05, 3.63) is 30.5 Å². The Hall–Kier alpha value is -1.84. The van der Waals surface area contributed by atoms with E-state index in [1.165, 1.54) is 25.7 Å². The Morgan fingerprint density at radius 3 is 2.95 bits per heavy atom. The molecule has 1 fully saturated rings. The number of fused-ring (bicyclic) bond motifs is 1. The first-order valence-corrected chi connectivity index (χ1v) is 7.39. The Balaban J connectivity index is 1.49. The van der Waals surface area contributed by atoms with Gasteiger partial charge in [-0.25, -0.2) is 4.68 Å². The smallest absolute Gasteiger partial charge is 0.307 e. The molecule has 106 valence electrons. The van der Waals surface area contributed by atoms with Crippen LogP contribution in [-0.2, 0) is 16.3 Å². The number of hydrogen-bond donors (Lipinski definition) is 0. The molecule has 20 heavy (non-hydrogen) atoms. The van der Waals surface area contributed by atoms with Gasteiger partial charge >= 0.3 is 5.97 Å². The summed E-state index contributed by atoms with van der Waals surface area (Å²) < 4.78 is 7.04. The Labute approximate surface area is 118 Å². The van der Waals surface area contributed by atoms with Gasteiger partial charge in [0.05, 0.1) is 11.7 Å². The summed E-state index contributed by atoms with van der Waals surface area (Å²) in [5, 5.41) is 5.31. The molecule has 0 saturated heterocycles. The van der Waals surface area contributed by atoms with Crippen LogP contribution >= 0.6 is 0 Å². The van der Waals surface area contributed by atoms with E-state index < -0.39 is 0 Å². The van der Waals surface area contributed by atoms with Gasteiger partial charge in [-0.15, -0.1) is 0 Å². The van der Waals surface area contributed by atoms with Crippen molar-refractivity contribution in [1.82, 2.24) is 9.78 Å². The number of ether oxygens (including phenoxy) is 1. The van der Waals surface area contributed by atoms with Crippen molar-refractivity contribution < 1.29 is 9.53 Å². The van der Waals surface area contributed by atoms with Crippen LogP contribution in [0.4, 0.5) is 0 Å². The molecule has 0 spiro atoms. The highest BCUT2D eigenvalue weighted by Gasteiger charge is 2.16. The SMILES string of the molecule is O=C(CCC1CCCC1)OCn1ncc2ccccc21. The highest BCUT2D eigenvalue weighted by atomic mass is 16.5. The van der Waals surface area contributed by atoms with Gasteiger partial charge in [0.15, 0.2) is 6.73 Å². The van der Waals surface area contributed by atoms with Gasteiger partial charge in [-0.3, -0.25) is 4.79 Å². The third kappa shape index (κ3) is 3.00. The quantitative estimate of drug-likeness (QED) is 0.782. The fourth-order valence-electron chi connectivity index (χ4n) is 2.96. The molecule has 1 aromatic heterocycles. The average molecular weight is 272 g/mol. The van der Waals surface area contributed by atoms with Crippen molar-refractivity contribution in [1.29, 1.82) is 0 Å². The molecule has 1 aliphatic carbocycles. The summed E-state index contributed by atoms with van der Waals surface area (Å²) in [4.78, 5) is 11.8. The average Bonchev–Trinajstić information content (AvgIpc) is 3.12. The van der Waals surface area contributed by atoms with Gasteiger partial charge in [0.25, 0.3) is 0 Å². The lowest BCUT2D eigenvalue weighted by atomic mass is 10.0. The highest BCUT2D eigenvalue weighted by Crippen LogP contribution is 2.28. The van der Waals surface area contributed by atoms with Crippen LogP contribution in [0.25, 0.3) is 10.9 Å². The van der Waals surface area contributed by atoms with Crippen LogP contribution in [0, 0.1) is 5.92 Å². The number of nitrogens with zero attached hydrogens (tertiary/aromatic N) is 2. The molecule has 0 atom stereocenters. The number of para-hydroxylation sites is 1. The van der Waals surface area contributed by atoms with Crippen LogP contribution in [-0.4, -0.2) is 15.7 Å². The topological polar surface area (TPSA) is 44.1 Å². The van der Waals surface area contributed by atoms with E-state index >= 15 is 0 Å². The van der Waals surface area contributed by atoms with Gasteiger partial charge in [0.2, 0.25) is 0 Å². The van der Waals surface area contributed by atoms with Gasteiger partial charge < -0.3 is 4.74 Å². The number of esters is 1. The molecule has 0 amide bonds. The minimum atomic E-state index is -0.114. The molecule has 1 aromatic carbocycles. The molecule has 2 aromatic rings. The van der Waals surface area contributed by atoms with E-state index in [0.29, 0.717) is 6.42 Å². The number of carbonyl (C=O) groups excluding carboxylic acids is 1. The third-order valence-electron chi connectivity index (χ3n) is 4.13. The van der Waals surface area contributed by atoms with Crippen LogP contribution in [0.3, 0.4) is 0 Å². The van der Waals surface area contributed by atoms with Crippen molar-refractivity contribution >= 4 is 16.9 Å². The monoisotopic (exact) mass is 272 g/mol. The van der Waals surface area contributed by atoms with Crippen molar-refractivity contribution in [2.75, 3.05) is 0 Å². The lowest BCUT2D eigenvalue weighted by Crippen LogP contribution is -2.11. The molecule has 0 N–H and O–H groups in total. The summed E-state index contributed by atoms with van der Waals surface area (Å²) in [6.45, 7) is 0.205. The number of benzene rings is 1. The minimum absolute atomic E-state index is 0.114. The second kappa shape index (κ2) is 6.07. The van der Waals surface area contributed by atoms with E-state index in [0.717, 1.165) is 23.2 Å². The van der Waals surface area contributed by atoms with E-state index in [-0.39, 0.29) is 12.7 Å². The van der Waals surface area contributed by atoms with Gasteiger partial charge in [-0.1, -0.05) is 43.9 Å². The van der Waals surface area contributed by atoms with E-state index in [1.54, 1.807) is 10.9 Å². The van der Waals surface area contributed by atoms with Gasteiger partial charge in [0.1, 0.15) is 0 Å². The summed E-state index contributed by atoms with van der Waals surface area (Å²) in [6.07, 6.45) is 8.48. The molecule has 4 heteroatoms. The molecule has 1 saturated carbocycles. The predicted molar refractivity (Wildman–Crippen MR) is 77.0 cm³/mol. The summed E-state index contributed by atoms with van der Waals surface area (Å²) in [5.74, 6) is 0.615. The lowest BCUT2D eigenvalue weighted by Gasteiger charge is -2.09. The van der Waals surface area contributed by atoms with Crippen molar-refractivity contribution in [2.45, 2.75) is 45.3 Å². The maximum absolute atomic E-state index is 11.8. The van der Waals surface area contributed by atoms with E-state index in [1.807, 2.05) is 24.3 Å². The standard InChI is InChI=1S/C16H20N2O2/c19-16(10-9-13-5-1-2-6-13)20-12-18-15-8-4-3-7-14(15)11-17-18/h3-4,7-8,11,13H,1-2,5-6,9-10,12H2. The zero-order chi connectivity index (χ0) is 13.8. The zero-order valence-electron chi connectivity index (χ0n) is 11.6. The number of hydrogen-bond acceptors (Lipinski definition) is 3. The lowest BCUT2D eigenvalue weighted by molar-refractivity contribution is -0.148. The molecule has 0 radical (unpaired) electrons. The fourth-order valence-corrected chi connectivity index (χ4v) is 2.96. The molecule has 3 rings (SSSR count). The van der Waals surface area contributed by atoms with Gasteiger partial charge in [-0.2, -0.15) is 5.10 Å². The second-order valence-corrected chi connectivity index (χ2v) is 5.54. The fraction of sp³-hybridized carbons (Fsp3) is 0.500. The second-order valence-electron chi connectivity index (χ2n) is 5.54. The first-order valence-electron chi connectivity index (χ1n) is 7.39. The van der Waals surface area contributed by atoms with Crippen molar-refractivity contribution in [2.24, 2.45) is 5.92 Å². The van der Waals surface area contributed by atoms with Crippen LogP contribution in [0.2, 0.25) is 0 Å². The Morgan fingerprint density at radius 1 is 1.30 bits per heavy atom. The van der Waals surface area contributed by atoms with Crippen LogP contribution in [0.15, 0.2) is 30.5 Å². The summed E-state index contributed by atoms with van der Waals surface area (Å²) in [6, 6.07) is 7.92. The van der Waals surface area contributed by atoms with Crippen LogP contribution in [0.1, 0.15) is 38.5 Å². The number of rotatable bonds is 5. The van der Waals surface area contributed by atoms with E-state index in [2.05, 4.69) is 5.10 Å². The first kappa shape index (κ1) is 13.2. The molecule has 0 unspecified atom stereocenters. The maximum Gasteiger partial charge on any atom is 0.307 e. The third-order valence-corrected chi connectivity index (χ3v) is 4.13. The zero-order valence-corrected chi connectivity index (χ0v) is 11.6. The summed E-state index contributed by atoms with van der Waals surface area (Å²) >= 11 is 0. The first-order chi connectivity index (χ1) is 9.83. The molecule has 4 nitrogen and oxygen atoms in total. The maximum atomic E-state index is 11.8. The number of carbonyl (C=O) groups is 1. The molecule has 1 aliphatic rings. The molecule has 1 heterocycles. The molecule has 0 bridgehead atoms. The highest BCUT2D eigenvalue weighted by molar-refractivity contribution is 5.78. The largest absolute Gasteiger partial charge is 0.442 e. The van der Waals surface area contributed by atoms with E-state index in [9.17, 15) is 4.79 Å². The number of aromatic nitrogens is 2. The van der Waals surface area contributed by atoms with Gasteiger partial charge in [-0.05, 0) is 18.4 Å². The van der Waals surface area contributed by atoms with Crippen molar-refractivity contribution in [3.8, 4) is 0 Å². The van der Waals surface area contributed by atoms with Crippen molar-refractivity contribution in [3.63, 3.8) is 0 Å². The van der Waals surface area contributed by atoms with Crippen LogP contribution in [0.5, 0.6) is 0 Å². The molecule has 0 aliphatic heterocycles. The van der Waals surface area contributed by atoms with E-state index in [4.69, 9.17) is 4.74 Å². The van der Waals surface area contributed by atoms with Crippen LogP contribution < -0.4 is 0 Å². The Morgan fingerprint density at radius 2 is 2.10 bits per heavy atom. The summed E-state index contributed by atoms with van der Waals surface area (Å²) in [5.41, 5.74) is 0.996. The normalized spacial score (nSPS) is 15.8. The Kier molecular flexibility index (Phi) is 4.00. The summed E-state index contributed by atoms with van der Waals surface area (Å²) in [7, 11) is 0. The predicted octanol–water partition coefficient (Wildman–Crippen LogP) is 3.51. The van der Waals surface area contributed by atoms with Gasteiger partial charge in [0, 0.05) is 11.8 Å². The minimum Gasteiger partial charge on any atom is -0.442 e. The Bertz CT molecular complexity index is 585. The molecular weight excluding hydrogens is 252 g/mol. The molecular formula is C16H20N2O2.